The number of halogens is 1. The molecule has 1 fully saturated rings. The van der Waals surface area contributed by atoms with Gasteiger partial charge in [-0.15, -0.1) is 0 Å². The van der Waals surface area contributed by atoms with Crippen LogP contribution in [0.15, 0.2) is 18.2 Å². The highest BCUT2D eigenvalue weighted by atomic mass is 79.9. The largest absolute Gasteiger partial charge is 0.351 e. The number of nitro benzene ring substituents is 1. The second-order valence-corrected chi connectivity index (χ2v) is 6.34. The van der Waals surface area contributed by atoms with Gasteiger partial charge in [-0.25, -0.2) is 0 Å². The lowest BCUT2D eigenvalue weighted by Crippen LogP contribution is -2.37. The quantitative estimate of drug-likeness (QED) is 0.498. The Morgan fingerprint density at radius 3 is 2.67 bits per heavy atom. The smallest absolute Gasteiger partial charge is 0.273 e. The first-order valence-corrected chi connectivity index (χ1v) is 8.19. The molecule has 1 aromatic carbocycles. The molecule has 2 rings (SSSR count). The van der Waals surface area contributed by atoms with Gasteiger partial charge in [0.2, 0.25) is 0 Å². The van der Waals surface area contributed by atoms with E-state index in [1.807, 2.05) is 0 Å². The lowest BCUT2D eigenvalue weighted by Gasteiger charge is -2.26. The van der Waals surface area contributed by atoms with Gasteiger partial charge in [-0.05, 0) is 31.2 Å². The molecule has 21 heavy (non-hydrogen) atoms. The van der Waals surface area contributed by atoms with Crippen molar-refractivity contribution in [1.29, 1.82) is 0 Å². The van der Waals surface area contributed by atoms with E-state index < -0.39 is 4.92 Å². The number of amides is 1. The second kappa shape index (κ2) is 6.56. The highest BCUT2D eigenvalue weighted by Crippen LogP contribution is 2.39. The number of alkyl halides is 1. The third kappa shape index (κ3) is 3.61. The zero-order valence-electron chi connectivity index (χ0n) is 12.0. The van der Waals surface area contributed by atoms with Crippen molar-refractivity contribution in [2.45, 2.75) is 32.6 Å². The Kier molecular flexibility index (Phi) is 4.98. The lowest BCUT2D eigenvalue weighted by molar-refractivity contribution is -0.385. The Morgan fingerprint density at radius 1 is 1.43 bits per heavy atom. The fourth-order valence-corrected chi connectivity index (χ4v) is 3.56. The van der Waals surface area contributed by atoms with Crippen molar-refractivity contribution in [2.24, 2.45) is 5.41 Å². The van der Waals surface area contributed by atoms with Gasteiger partial charge in [0.25, 0.3) is 11.6 Å². The summed E-state index contributed by atoms with van der Waals surface area (Å²) >= 11 is 3.54. The first-order chi connectivity index (χ1) is 9.97. The van der Waals surface area contributed by atoms with Gasteiger partial charge in [-0.1, -0.05) is 34.8 Å². The average molecular weight is 355 g/mol. The molecular formula is C15H19BrN2O3. The number of rotatable bonds is 5. The van der Waals surface area contributed by atoms with Crippen molar-refractivity contribution in [3.05, 3.63) is 39.4 Å². The topological polar surface area (TPSA) is 72.2 Å². The predicted octanol–water partition coefficient (Wildman–Crippen LogP) is 3.59. The highest BCUT2D eigenvalue weighted by Gasteiger charge is 2.33. The molecule has 0 heterocycles. The van der Waals surface area contributed by atoms with Crippen LogP contribution in [0.2, 0.25) is 0 Å². The fraction of sp³-hybridized carbons (Fsp3) is 0.533. The van der Waals surface area contributed by atoms with E-state index in [4.69, 9.17) is 0 Å². The number of carbonyl (C=O) groups excluding carboxylic acids is 1. The summed E-state index contributed by atoms with van der Waals surface area (Å²) in [5, 5.41) is 14.7. The van der Waals surface area contributed by atoms with Crippen LogP contribution >= 0.6 is 15.9 Å². The van der Waals surface area contributed by atoms with Crippen molar-refractivity contribution in [3.8, 4) is 0 Å². The number of nitro groups is 1. The molecule has 0 bridgehead atoms. The molecule has 1 N–H and O–H groups in total. The van der Waals surface area contributed by atoms with Crippen molar-refractivity contribution in [1.82, 2.24) is 5.32 Å². The molecule has 1 saturated carbocycles. The molecule has 5 nitrogen and oxygen atoms in total. The summed E-state index contributed by atoms with van der Waals surface area (Å²) in [4.78, 5) is 22.7. The molecule has 0 unspecified atom stereocenters. The minimum Gasteiger partial charge on any atom is -0.351 e. The molecule has 0 atom stereocenters. The molecule has 114 valence electrons. The van der Waals surface area contributed by atoms with Gasteiger partial charge in [0.15, 0.2) is 0 Å². The van der Waals surface area contributed by atoms with Gasteiger partial charge in [-0.3, -0.25) is 14.9 Å². The van der Waals surface area contributed by atoms with E-state index in [1.54, 1.807) is 19.1 Å². The molecule has 1 aliphatic rings. The predicted molar refractivity (Wildman–Crippen MR) is 84.9 cm³/mol. The maximum absolute atomic E-state index is 12.2. The number of hydrogen-bond donors (Lipinski definition) is 1. The first kappa shape index (κ1) is 15.9. The Labute approximate surface area is 132 Å². The monoisotopic (exact) mass is 354 g/mol. The molecule has 0 aliphatic heterocycles. The standard InChI is InChI=1S/C15H19BrN2O3/c1-11-4-5-12(8-13(11)18(20)21)14(19)17-10-15(9-16)6-2-3-7-15/h4-5,8H,2-3,6-7,9-10H2,1H3,(H,17,19). The zero-order valence-corrected chi connectivity index (χ0v) is 13.6. The maximum atomic E-state index is 12.2. The lowest BCUT2D eigenvalue weighted by atomic mass is 9.89. The zero-order chi connectivity index (χ0) is 15.5. The van der Waals surface area contributed by atoms with Gasteiger partial charge in [0.1, 0.15) is 0 Å². The van der Waals surface area contributed by atoms with Crippen molar-refractivity contribution in [3.63, 3.8) is 0 Å². The average Bonchev–Trinajstić information content (AvgIpc) is 2.94. The summed E-state index contributed by atoms with van der Waals surface area (Å²) in [7, 11) is 0. The van der Waals surface area contributed by atoms with E-state index in [9.17, 15) is 14.9 Å². The summed E-state index contributed by atoms with van der Waals surface area (Å²) in [5.41, 5.74) is 1.02. The highest BCUT2D eigenvalue weighted by molar-refractivity contribution is 9.09. The molecule has 0 saturated heterocycles. The Hall–Kier alpha value is -1.43. The van der Waals surface area contributed by atoms with Crippen molar-refractivity contribution < 1.29 is 9.72 Å². The minimum absolute atomic E-state index is 0.0151. The van der Waals surface area contributed by atoms with Crippen LogP contribution in [0.4, 0.5) is 5.69 Å². The first-order valence-electron chi connectivity index (χ1n) is 7.07. The van der Waals surface area contributed by atoms with Crippen LogP contribution in [-0.4, -0.2) is 22.7 Å². The van der Waals surface area contributed by atoms with E-state index in [2.05, 4.69) is 21.2 Å². The van der Waals surface area contributed by atoms with E-state index in [1.165, 1.54) is 18.9 Å². The summed E-state index contributed by atoms with van der Waals surface area (Å²) in [6.07, 6.45) is 4.59. The van der Waals surface area contributed by atoms with Crippen LogP contribution in [0, 0.1) is 22.5 Å². The van der Waals surface area contributed by atoms with E-state index >= 15 is 0 Å². The third-order valence-corrected chi connectivity index (χ3v) is 5.43. The number of hydrogen-bond acceptors (Lipinski definition) is 3. The van der Waals surface area contributed by atoms with Crippen molar-refractivity contribution >= 4 is 27.5 Å². The number of nitrogens with zero attached hydrogens (tertiary/aromatic N) is 1. The van der Waals surface area contributed by atoms with Crippen LogP contribution < -0.4 is 5.32 Å². The van der Waals surface area contributed by atoms with Crippen LogP contribution in [0.5, 0.6) is 0 Å². The van der Waals surface area contributed by atoms with Gasteiger partial charge in [-0.2, -0.15) is 0 Å². The van der Waals surface area contributed by atoms with Gasteiger partial charge >= 0.3 is 0 Å². The Morgan fingerprint density at radius 2 is 2.10 bits per heavy atom. The van der Waals surface area contributed by atoms with Gasteiger partial charge in [0.05, 0.1) is 4.92 Å². The summed E-state index contributed by atoms with van der Waals surface area (Å²) in [6, 6.07) is 4.59. The number of nitrogens with one attached hydrogen (secondary N) is 1. The van der Waals surface area contributed by atoms with Crippen LogP contribution in [-0.2, 0) is 0 Å². The van der Waals surface area contributed by atoms with Crippen LogP contribution in [0.25, 0.3) is 0 Å². The summed E-state index contributed by atoms with van der Waals surface area (Å²) in [5.74, 6) is -0.245. The van der Waals surface area contributed by atoms with Crippen LogP contribution in [0.1, 0.15) is 41.6 Å². The minimum atomic E-state index is -0.455. The molecule has 6 heteroatoms. The maximum Gasteiger partial charge on any atom is 0.273 e. The van der Waals surface area contributed by atoms with Crippen LogP contribution in [0.3, 0.4) is 0 Å². The van der Waals surface area contributed by atoms with Gasteiger partial charge < -0.3 is 5.32 Å². The SMILES string of the molecule is Cc1ccc(C(=O)NCC2(CBr)CCCC2)cc1[N+](=O)[O-]. The van der Waals surface area contributed by atoms with E-state index in [-0.39, 0.29) is 17.0 Å². The molecule has 1 aromatic rings. The molecule has 1 aliphatic carbocycles. The number of carbonyl (C=O) groups is 1. The van der Waals surface area contributed by atoms with Gasteiger partial charge in [0, 0.05) is 29.1 Å². The normalized spacial score (nSPS) is 16.7. The Balaban J connectivity index is 2.07. The van der Waals surface area contributed by atoms with E-state index in [0.29, 0.717) is 17.7 Å². The number of aryl methyl sites for hydroxylation is 1. The Bertz CT molecular complexity index is 554. The second-order valence-electron chi connectivity index (χ2n) is 5.78. The molecule has 0 aromatic heterocycles. The number of benzene rings is 1. The molecular weight excluding hydrogens is 336 g/mol. The third-order valence-electron chi connectivity index (χ3n) is 4.24. The molecule has 0 spiro atoms. The summed E-state index contributed by atoms with van der Waals surface area (Å²) in [6.45, 7) is 2.27. The summed E-state index contributed by atoms with van der Waals surface area (Å²) < 4.78 is 0. The fourth-order valence-electron chi connectivity index (χ4n) is 2.80. The van der Waals surface area contributed by atoms with E-state index in [0.717, 1.165) is 18.2 Å². The molecule has 1 amide bonds. The van der Waals surface area contributed by atoms with Crippen molar-refractivity contribution in [2.75, 3.05) is 11.9 Å². The molecule has 0 radical (unpaired) electrons.